The van der Waals surface area contributed by atoms with Crippen molar-refractivity contribution in [1.29, 1.82) is 0 Å². The molecule has 0 spiro atoms. The Hall–Kier alpha value is 0.0300. The lowest BCUT2D eigenvalue weighted by molar-refractivity contribution is -0.0442. The summed E-state index contributed by atoms with van der Waals surface area (Å²) in [7, 11) is 0. The van der Waals surface area contributed by atoms with Crippen molar-refractivity contribution in [3.63, 3.8) is 0 Å². The number of ether oxygens (including phenoxy) is 2. The number of halogens is 2. The maximum absolute atomic E-state index is 5.36. The quantitative estimate of drug-likeness (QED) is 0.748. The summed E-state index contributed by atoms with van der Waals surface area (Å²) in [5.74, 6) is 0. The number of pyridine rings is 1. The van der Waals surface area contributed by atoms with Crippen LogP contribution in [-0.2, 0) is 9.47 Å². The zero-order valence-electron chi connectivity index (χ0n) is 6.67. The van der Waals surface area contributed by atoms with E-state index in [0.29, 0.717) is 13.2 Å². The van der Waals surface area contributed by atoms with Crippen LogP contribution in [0.1, 0.15) is 11.9 Å². The predicted molar refractivity (Wildman–Crippen MR) is 54.3 cm³/mol. The van der Waals surface area contributed by atoms with Gasteiger partial charge in [0.25, 0.3) is 0 Å². The highest BCUT2D eigenvalue weighted by Gasteiger charge is 2.19. The molecule has 5 heteroatoms. The Morgan fingerprint density at radius 3 is 2.23 bits per heavy atom. The highest BCUT2D eigenvalue weighted by Crippen LogP contribution is 2.26. The standard InChI is InChI=1S/C8H7Br2NO2/c9-6-3-5(4-7(10)11-6)8-12-1-2-13-8/h3-4,8H,1-2H2. The number of aromatic nitrogens is 1. The van der Waals surface area contributed by atoms with Gasteiger partial charge in [-0.25, -0.2) is 4.98 Å². The monoisotopic (exact) mass is 307 g/mol. The summed E-state index contributed by atoms with van der Waals surface area (Å²) >= 11 is 6.62. The SMILES string of the molecule is Brc1cc(C2OCCO2)cc(Br)n1. The molecular weight excluding hydrogens is 302 g/mol. The summed E-state index contributed by atoms with van der Waals surface area (Å²) < 4.78 is 12.3. The van der Waals surface area contributed by atoms with Crippen LogP contribution in [-0.4, -0.2) is 18.2 Å². The second kappa shape index (κ2) is 4.04. The van der Waals surface area contributed by atoms with Crippen molar-refractivity contribution < 1.29 is 9.47 Å². The summed E-state index contributed by atoms with van der Waals surface area (Å²) in [5.41, 5.74) is 0.978. The molecule has 3 nitrogen and oxygen atoms in total. The van der Waals surface area contributed by atoms with Crippen LogP contribution in [0.2, 0.25) is 0 Å². The molecule has 1 aliphatic rings. The first-order valence-corrected chi connectivity index (χ1v) is 5.40. The maximum Gasteiger partial charge on any atom is 0.184 e. The first-order valence-electron chi connectivity index (χ1n) is 3.82. The molecule has 13 heavy (non-hydrogen) atoms. The number of rotatable bonds is 1. The molecule has 1 fully saturated rings. The highest BCUT2D eigenvalue weighted by molar-refractivity contribution is 9.11. The molecule has 1 aliphatic heterocycles. The van der Waals surface area contributed by atoms with Crippen LogP contribution in [0, 0.1) is 0 Å². The van der Waals surface area contributed by atoms with Gasteiger partial charge in [-0.2, -0.15) is 0 Å². The summed E-state index contributed by atoms with van der Waals surface area (Å²) in [4.78, 5) is 4.13. The van der Waals surface area contributed by atoms with Crippen molar-refractivity contribution in [2.24, 2.45) is 0 Å². The largest absolute Gasteiger partial charge is 0.346 e. The third-order valence-corrected chi connectivity index (χ3v) is 2.49. The van der Waals surface area contributed by atoms with Gasteiger partial charge in [0.05, 0.1) is 13.2 Å². The molecule has 0 saturated carbocycles. The topological polar surface area (TPSA) is 31.4 Å². The molecule has 0 amide bonds. The molecule has 1 aromatic rings. The lowest BCUT2D eigenvalue weighted by Gasteiger charge is -2.09. The first kappa shape index (κ1) is 9.58. The highest BCUT2D eigenvalue weighted by atomic mass is 79.9. The van der Waals surface area contributed by atoms with Gasteiger partial charge in [-0.3, -0.25) is 0 Å². The summed E-state index contributed by atoms with van der Waals surface area (Å²) in [6.45, 7) is 1.31. The number of hydrogen-bond donors (Lipinski definition) is 0. The Morgan fingerprint density at radius 2 is 1.69 bits per heavy atom. The molecule has 2 heterocycles. The summed E-state index contributed by atoms with van der Waals surface area (Å²) in [5, 5.41) is 0. The molecule has 0 atom stereocenters. The summed E-state index contributed by atoms with van der Waals surface area (Å²) in [6.07, 6.45) is -0.240. The van der Waals surface area contributed by atoms with Crippen LogP contribution in [0.15, 0.2) is 21.3 Å². The Bertz CT molecular complexity index is 293. The van der Waals surface area contributed by atoms with Crippen molar-refractivity contribution in [1.82, 2.24) is 4.98 Å². The van der Waals surface area contributed by atoms with E-state index in [1.54, 1.807) is 0 Å². The molecule has 70 valence electrons. The van der Waals surface area contributed by atoms with E-state index < -0.39 is 0 Å². The van der Waals surface area contributed by atoms with E-state index in [2.05, 4.69) is 36.8 Å². The third-order valence-electron chi connectivity index (χ3n) is 1.68. The second-order valence-corrected chi connectivity index (χ2v) is 4.24. The van der Waals surface area contributed by atoms with Gasteiger partial charge in [0, 0.05) is 5.56 Å². The molecule has 0 N–H and O–H groups in total. The molecule has 0 aromatic carbocycles. The van der Waals surface area contributed by atoms with Crippen molar-refractivity contribution in [2.45, 2.75) is 6.29 Å². The van der Waals surface area contributed by atoms with E-state index in [1.807, 2.05) is 12.1 Å². The van der Waals surface area contributed by atoms with Gasteiger partial charge in [-0.05, 0) is 44.0 Å². The van der Waals surface area contributed by atoms with Gasteiger partial charge < -0.3 is 9.47 Å². The van der Waals surface area contributed by atoms with E-state index in [9.17, 15) is 0 Å². The molecule has 0 bridgehead atoms. The minimum Gasteiger partial charge on any atom is -0.346 e. The van der Waals surface area contributed by atoms with Crippen molar-refractivity contribution >= 4 is 31.9 Å². The van der Waals surface area contributed by atoms with Crippen molar-refractivity contribution in [3.05, 3.63) is 26.9 Å². The maximum atomic E-state index is 5.36. The molecule has 0 aliphatic carbocycles. The zero-order valence-corrected chi connectivity index (χ0v) is 9.84. The fourth-order valence-electron chi connectivity index (χ4n) is 1.17. The van der Waals surface area contributed by atoms with E-state index in [4.69, 9.17) is 9.47 Å². The van der Waals surface area contributed by atoms with Crippen LogP contribution in [0.25, 0.3) is 0 Å². The first-order chi connectivity index (χ1) is 6.25. The molecular formula is C8H7Br2NO2. The smallest absolute Gasteiger partial charge is 0.184 e. The van der Waals surface area contributed by atoms with Crippen LogP contribution in [0.4, 0.5) is 0 Å². The Balaban J connectivity index is 2.28. The Kier molecular flexibility index (Phi) is 2.98. The zero-order chi connectivity index (χ0) is 9.26. The summed E-state index contributed by atoms with van der Waals surface area (Å²) in [6, 6.07) is 3.78. The molecule has 1 aromatic heterocycles. The van der Waals surface area contributed by atoms with Gasteiger partial charge in [-0.1, -0.05) is 0 Å². The molecule has 0 radical (unpaired) electrons. The van der Waals surface area contributed by atoms with Gasteiger partial charge in [0.2, 0.25) is 0 Å². The molecule has 1 saturated heterocycles. The van der Waals surface area contributed by atoms with Gasteiger partial charge in [0.15, 0.2) is 6.29 Å². The van der Waals surface area contributed by atoms with Gasteiger partial charge in [0.1, 0.15) is 9.21 Å². The van der Waals surface area contributed by atoms with Crippen LogP contribution >= 0.6 is 31.9 Å². The molecule has 0 unspecified atom stereocenters. The van der Waals surface area contributed by atoms with Crippen LogP contribution in [0.3, 0.4) is 0 Å². The Labute approximate surface area is 92.7 Å². The fourth-order valence-corrected chi connectivity index (χ4v) is 2.32. The molecule has 2 rings (SSSR count). The minimum absolute atomic E-state index is 0.240. The predicted octanol–water partition coefficient (Wildman–Crippen LogP) is 2.65. The van der Waals surface area contributed by atoms with Gasteiger partial charge in [-0.15, -0.1) is 0 Å². The van der Waals surface area contributed by atoms with E-state index in [-0.39, 0.29) is 6.29 Å². The van der Waals surface area contributed by atoms with Crippen LogP contribution < -0.4 is 0 Å². The van der Waals surface area contributed by atoms with E-state index in [0.717, 1.165) is 14.8 Å². The van der Waals surface area contributed by atoms with Crippen molar-refractivity contribution in [3.8, 4) is 0 Å². The minimum atomic E-state index is -0.240. The number of nitrogens with zero attached hydrogens (tertiary/aromatic N) is 1. The Morgan fingerprint density at radius 1 is 1.15 bits per heavy atom. The third kappa shape index (κ3) is 2.28. The fraction of sp³-hybridized carbons (Fsp3) is 0.375. The average Bonchev–Trinajstić information content (AvgIpc) is 2.53. The number of hydrogen-bond acceptors (Lipinski definition) is 3. The van der Waals surface area contributed by atoms with E-state index in [1.165, 1.54) is 0 Å². The van der Waals surface area contributed by atoms with Crippen LogP contribution in [0.5, 0.6) is 0 Å². The lowest BCUT2D eigenvalue weighted by Crippen LogP contribution is -1.98. The van der Waals surface area contributed by atoms with E-state index >= 15 is 0 Å². The lowest BCUT2D eigenvalue weighted by atomic mass is 10.3. The van der Waals surface area contributed by atoms with Crippen molar-refractivity contribution in [2.75, 3.05) is 13.2 Å². The normalized spacial score (nSPS) is 18.0. The van der Waals surface area contributed by atoms with Gasteiger partial charge >= 0.3 is 0 Å². The second-order valence-electron chi connectivity index (χ2n) is 2.62. The average molecular weight is 309 g/mol.